The SMILES string of the molecule is CCOC(=O)c1c(NC(=O)c2ccccc2S(=O)(=O)CC)sc2c1CCN(C(=O)OCC)C2. The molecule has 0 unspecified atom stereocenters. The van der Waals surface area contributed by atoms with Gasteiger partial charge >= 0.3 is 12.1 Å². The number of benzene rings is 1. The van der Waals surface area contributed by atoms with Crippen molar-refractivity contribution in [1.82, 2.24) is 4.90 Å². The number of nitrogens with one attached hydrogen (secondary N) is 1. The minimum Gasteiger partial charge on any atom is -0.462 e. The Kier molecular flexibility index (Phi) is 7.75. The second-order valence-electron chi connectivity index (χ2n) is 7.15. The van der Waals surface area contributed by atoms with Crippen LogP contribution in [-0.2, 0) is 32.3 Å². The summed E-state index contributed by atoms with van der Waals surface area (Å²) in [6.45, 7) is 5.92. The summed E-state index contributed by atoms with van der Waals surface area (Å²) in [5, 5.41) is 2.97. The Morgan fingerprint density at radius 1 is 1.09 bits per heavy atom. The van der Waals surface area contributed by atoms with Gasteiger partial charge in [0.2, 0.25) is 0 Å². The van der Waals surface area contributed by atoms with Crippen molar-refractivity contribution in [2.45, 2.75) is 38.6 Å². The molecule has 11 heteroatoms. The maximum absolute atomic E-state index is 13.1. The van der Waals surface area contributed by atoms with E-state index in [0.717, 1.165) is 4.88 Å². The zero-order chi connectivity index (χ0) is 24.2. The number of carbonyl (C=O) groups is 3. The molecule has 0 fully saturated rings. The average Bonchev–Trinajstić information content (AvgIpc) is 3.16. The summed E-state index contributed by atoms with van der Waals surface area (Å²) in [6, 6.07) is 5.94. The second-order valence-corrected chi connectivity index (χ2v) is 10.5. The molecule has 1 aromatic heterocycles. The van der Waals surface area contributed by atoms with E-state index in [1.54, 1.807) is 26.0 Å². The third-order valence-corrected chi connectivity index (χ3v) is 8.05. The van der Waals surface area contributed by atoms with Crippen LogP contribution in [0.4, 0.5) is 9.80 Å². The summed E-state index contributed by atoms with van der Waals surface area (Å²) in [4.78, 5) is 40.2. The number of ether oxygens (including phenoxy) is 2. The maximum Gasteiger partial charge on any atom is 0.410 e. The Morgan fingerprint density at radius 3 is 2.45 bits per heavy atom. The van der Waals surface area contributed by atoms with Crippen molar-refractivity contribution in [2.75, 3.05) is 30.8 Å². The van der Waals surface area contributed by atoms with Crippen LogP contribution in [0, 0.1) is 0 Å². The Balaban J connectivity index is 1.98. The molecule has 0 spiro atoms. The van der Waals surface area contributed by atoms with Gasteiger partial charge in [0.15, 0.2) is 9.84 Å². The highest BCUT2D eigenvalue weighted by Gasteiger charge is 2.32. The van der Waals surface area contributed by atoms with Crippen LogP contribution < -0.4 is 5.32 Å². The number of fused-ring (bicyclic) bond motifs is 1. The molecule has 0 bridgehead atoms. The van der Waals surface area contributed by atoms with Gasteiger partial charge in [-0.25, -0.2) is 18.0 Å². The topological polar surface area (TPSA) is 119 Å². The lowest BCUT2D eigenvalue weighted by molar-refractivity contribution is 0.0526. The first-order valence-corrected chi connectivity index (χ1v) is 13.1. The fraction of sp³-hybridized carbons (Fsp3) is 0.409. The van der Waals surface area contributed by atoms with Gasteiger partial charge in [-0.2, -0.15) is 0 Å². The van der Waals surface area contributed by atoms with Crippen LogP contribution in [0.3, 0.4) is 0 Å². The van der Waals surface area contributed by atoms with Crippen LogP contribution in [0.1, 0.15) is 51.9 Å². The summed E-state index contributed by atoms with van der Waals surface area (Å²) in [5.74, 6) is -1.37. The van der Waals surface area contributed by atoms with Crippen LogP contribution in [0.5, 0.6) is 0 Å². The van der Waals surface area contributed by atoms with Crippen LogP contribution in [0.25, 0.3) is 0 Å². The lowest BCUT2D eigenvalue weighted by Gasteiger charge is -2.26. The van der Waals surface area contributed by atoms with Crippen molar-refractivity contribution in [3.8, 4) is 0 Å². The molecule has 9 nitrogen and oxygen atoms in total. The number of sulfone groups is 1. The fourth-order valence-electron chi connectivity index (χ4n) is 3.53. The summed E-state index contributed by atoms with van der Waals surface area (Å²) in [6.07, 6.45) is -0.0475. The van der Waals surface area contributed by atoms with Gasteiger partial charge in [0.25, 0.3) is 5.91 Å². The summed E-state index contributed by atoms with van der Waals surface area (Å²) in [7, 11) is -3.63. The highest BCUT2D eigenvalue weighted by Crippen LogP contribution is 2.38. The number of hydrogen-bond donors (Lipinski definition) is 1. The van der Waals surface area contributed by atoms with E-state index in [0.29, 0.717) is 18.5 Å². The zero-order valence-electron chi connectivity index (χ0n) is 18.7. The van der Waals surface area contributed by atoms with Gasteiger partial charge < -0.3 is 19.7 Å². The van der Waals surface area contributed by atoms with E-state index in [1.807, 2.05) is 0 Å². The van der Waals surface area contributed by atoms with Crippen LogP contribution in [0.15, 0.2) is 29.2 Å². The molecule has 178 valence electrons. The van der Waals surface area contributed by atoms with Crippen molar-refractivity contribution >= 4 is 44.1 Å². The van der Waals surface area contributed by atoms with E-state index < -0.39 is 27.8 Å². The molecule has 0 saturated heterocycles. The molecule has 3 rings (SSSR count). The molecule has 0 saturated carbocycles. The van der Waals surface area contributed by atoms with Crippen molar-refractivity contribution in [3.05, 3.63) is 45.8 Å². The lowest BCUT2D eigenvalue weighted by atomic mass is 10.0. The van der Waals surface area contributed by atoms with Crippen LogP contribution in [-0.4, -0.2) is 56.8 Å². The quantitative estimate of drug-likeness (QED) is 0.585. The van der Waals surface area contributed by atoms with Gasteiger partial charge in [-0.05, 0) is 38.0 Å². The predicted molar refractivity (Wildman–Crippen MR) is 124 cm³/mol. The summed E-state index contributed by atoms with van der Waals surface area (Å²) in [5.41, 5.74) is 0.946. The smallest absolute Gasteiger partial charge is 0.410 e. The van der Waals surface area contributed by atoms with E-state index in [2.05, 4.69) is 5.32 Å². The van der Waals surface area contributed by atoms with E-state index in [9.17, 15) is 22.8 Å². The molecule has 0 aliphatic carbocycles. The first-order valence-electron chi connectivity index (χ1n) is 10.6. The number of nitrogens with zero attached hydrogens (tertiary/aromatic N) is 1. The number of amides is 2. The van der Waals surface area contributed by atoms with Gasteiger partial charge in [0, 0.05) is 11.4 Å². The van der Waals surface area contributed by atoms with Crippen LogP contribution >= 0.6 is 11.3 Å². The molecule has 2 heterocycles. The van der Waals surface area contributed by atoms with Gasteiger partial charge in [-0.15, -0.1) is 11.3 Å². The van der Waals surface area contributed by atoms with E-state index in [4.69, 9.17) is 9.47 Å². The Labute approximate surface area is 196 Å². The number of thiophene rings is 1. The molecular weight excluding hydrogens is 468 g/mol. The second kappa shape index (κ2) is 10.3. The van der Waals surface area contributed by atoms with Gasteiger partial charge in [-0.3, -0.25) is 4.79 Å². The largest absolute Gasteiger partial charge is 0.462 e. The average molecular weight is 495 g/mol. The Hall–Kier alpha value is -2.92. The molecule has 1 aromatic carbocycles. The lowest BCUT2D eigenvalue weighted by Crippen LogP contribution is -2.36. The molecule has 33 heavy (non-hydrogen) atoms. The fourth-order valence-corrected chi connectivity index (χ4v) is 5.87. The number of carbonyl (C=O) groups excluding carboxylic acids is 3. The normalized spacial score (nSPS) is 13.2. The molecule has 0 radical (unpaired) electrons. The van der Waals surface area contributed by atoms with E-state index >= 15 is 0 Å². The van der Waals surface area contributed by atoms with Gasteiger partial charge in [-0.1, -0.05) is 19.1 Å². The Morgan fingerprint density at radius 2 is 1.79 bits per heavy atom. The standard InChI is InChI=1S/C22H26N2O7S2/c1-4-30-21(26)18-14-11-12-24(22(27)31-5-2)13-16(14)32-20(18)23-19(25)15-9-7-8-10-17(15)33(28,29)6-3/h7-10H,4-6,11-13H2,1-3H3,(H,23,25). The Bertz CT molecular complexity index is 1170. The van der Waals surface area contributed by atoms with Crippen molar-refractivity contribution in [3.63, 3.8) is 0 Å². The van der Waals surface area contributed by atoms with E-state index in [-0.39, 0.29) is 46.5 Å². The first-order chi connectivity index (χ1) is 15.7. The molecule has 2 aromatic rings. The monoisotopic (exact) mass is 494 g/mol. The van der Waals surface area contributed by atoms with Crippen LogP contribution in [0.2, 0.25) is 0 Å². The predicted octanol–water partition coefficient (Wildman–Crippen LogP) is 3.49. The highest BCUT2D eigenvalue weighted by atomic mass is 32.2. The summed E-state index contributed by atoms with van der Waals surface area (Å²) >= 11 is 1.17. The van der Waals surface area contributed by atoms with Crippen molar-refractivity contribution in [2.24, 2.45) is 0 Å². The minimum absolute atomic E-state index is 0.00585. The number of anilines is 1. The highest BCUT2D eigenvalue weighted by molar-refractivity contribution is 7.91. The number of rotatable bonds is 7. The molecule has 1 N–H and O–H groups in total. The third kappa shape index (κ3) is 5.19. The molecular formula is C22H26N2O7S2. The van der Waals surface area contributed by atoms with Crippen molar-refractivity contribution < 1.29 is 32.3 Å². The molecule has 0 atom stereocenters. The third-order valence-electron chi connectivity index (χ3n) is 5.14. The molecule has 2 amide bonds. The summed E-state index contributed by atoms with van der Waals surface area (Å²) < 4.78 is 35.2. The van der Waals surface area contributed by atoms with Gasteiger partial charge in [0.1, 0.15) is 5.00 Å². The number of hydrogen-bond acceptors (Lipinski definition) is 8. The molecule has 1 aliphatic rings. The zero-order valence-corrected chi connectivity index (χ0v) is 20.3. The first kappa shape index (κ1) is 24.7. The van der Waals surface area contributed by atoms with Crippen molar-refractivity contribution in [1.29, 1.82) is 0 Å². The molecule has 1 aliphatic heterocycles. The van der Waals surface area contributed by atoms with E-state index in [1.165, 1.54) is 35.3 Å². The number of esters is 1. The minimum atomic E-state index is -3.63. The maximum atomic E-state index is 13.1. The van der Waals surface area contributed by atoms with Gasteiger partial charge in [0.05, 0.1) is 41.5 Å².